The third-order valence-corrected chi connectivity index (χ3v) is 6.02. The second-order valence-electron chi connectivity index (χ2n) is 8.20. The molecule has 1 aliphatic rings. The number of aromatic nitrogens is 3. The van der Waals surface area contributed by atoms with Crippen molar-refractivity contribution in [3.8, 4) is 5.69 Å². The first-order valence-corrected chi connectivity index (χ1v) is 11.2. The van der Waals surface area contributed by atoms with E-state index in [0.29, 0.717) is 17.3 Å². The zero-order valence-electron chi connectivity index (χ0n) is 18.5. The topological polar surface area (TPSA) is 95.2 Å². The molecule has 0 bridgehead atoms. The van der Waals surface area contributed by atoms with Gasteiger partial charge in [0.05, 0.1) is 18.3 Å². The van der Waals surface area contributed by atoms with Crippen LogP contribution in [-0.2, 0) is 11.3 Å². The summed E-state index contributed by atoms with van der Waals surface area (Å²) >= 11 is 6.25. The SMILES string of the molecule is Cc1cccc(Cn2c(=O)c(C(=O)NCC3CCCO3)nn(-c3ccc(C)c(Cl)c3)c2=O)c1. The molecule has 1 fully saturated rings. The number of carbonyl (C=O) groups excluding carboxylic acids is 1. The second-order valence-corrected chi connectivity index (χ2v) is 8.61. The van der Waals surface area contributed by atoms with Gasteiger partial charge in [0.1, 0.15) is 0 Å². The van der Waals surface area contributed by atoms with Crippen molar-refractivity contribution < 1.29 is 9.53 Å². The van der Waals surface area contributed by atoms with Crippen LogP contribution in [0.3, 0.4) is 0 Å². The number of benzene rings is 2. The number of carbonyl (C=O) groups is 1. The normalized spacial score (nSPS) is 15.5. The minimum atomic E-state index is -0.749. The Labute approximate surface area is 195 Å². The monoisotopic (exact) mass is 468 g/mol. The summed E-state index contributed by atoms with van der Waals surface area (Å²) < 4.78 is 7.60. The zero-order valence-corrected chi connectivity index (χ0v) is 19.3. The maximum Gasteiger partial charge on any atom is 0.352 e. The van der Waals surface area contributed by atoms with Gasteiger partial charge in [-0.05, 0) is 49.9 Å². The maximum atomic E-state index is 13.3. The predicted octanol–water partition coefficient (Wildman–Crippen LogP) is 2.62. The summed E-state index contributed by atoms with van der Waals surface area (Å²) in [7, 11) is 0. The summed E-state index contributed by atoms with van der Waals surface area (Å²) in [6, 6.07) is 12.5. The van der Waals surface area contributed by atoms with Gasteiger partial charge in [-0.3, -0.25) is 14.2 Å². The highest BCUT2D eigenvalue weighted by Crippen LogP contribution is 2.18. The fraction of sp³-hybridized carbons (Fsp3) is 0.333. The summed E-state index contributed by atoms with van der Waals surface area (Å²) in [5, 5.41) is 7.30. The maximum absolute atomic E-state index is 13.3. The summed E-state index contributed by atoms with van der Waals surface area (Å²) in [6.45, 7) is 4.70. The molecule has 2 aromatic carbocycles. The Kier molecular flexibility index (Phi) is 6.76. The van der Waals surface area contributed by atoms with Gasteiger partial charge < -0.3 is 10.1 Å². The molecule has 172 valence electrons. The van der Waals surface area contributed by atoms with Crippen LogP contribution in [0.5, 0.6) is 0 Å². The number of ether oxygens (including phenoxy) is 1. The Morgan fingerprint density at radius 2 is 2.03 bits per heavy atom. The average molecular weight is 469 g/mol. The molecule has 33 heavy (non-hydrogen) atoms. The van der Waals surface area contributed by atoms with Gasteiger partial charge in [-0.1, -0.05) is 47.5 Å². The standard InChI is InChI=1S/C24H25ClN4O4/c1-15-5-3-6-17(11-15)14-28-23(31)21(22(30)26-13-19-7-4-10-33-19)27-29(24(28)32)18-9-8-16(2)20(25)12-18/h3,5-6,8-9,11-12,19H,4,7,10,13-14H2,1-2H3,(H,26,30). The van der Waals surface area contributed by atoms with E-state index in [-0.39, 0.29) is 24.9 Å². The van der Waals surface area contributed by atoms with E-state index in [1.54, 1.807) is 18.2 Å². The first-order valence-electron chi connectivity index (χ1n) is 10.8. The molecule has 3 aromatic rings. The van der Waals surface area contributed by atoms with Gasteiger partial charge in [0.15, 0.2) is 0 Å². The van der Waals surface area contributed by atoms with E-state index in [9.17, 15) is 14.4 Å². The van der Waals surface area contributed by atoms with Crippen LogP contribution in [0, 0.1) is 13.8 Å². The number of nitrogens with zero attached hydrogens (tertiary/aromatic N) is 3. The van der Waals surface area contributed by atoms with Crippen LogP contribution in [0.1, 0.15) is 40.0 Å². The average Bonchev–Trinajstić information content (AvgIpc) is 3.31. The molecular weight excluding hydrogens is 444 g/mol. The molecule has 2 heterocycles. The molecule has 1 N–H and O–H groups in total. The van der Waals surface area contributed by atoms with Crippen molar-refractivity contribution in [1.29, 1.82) is 0 Å². The Balaban J connectivity index is 1.79. The highest BCUT2D eigenvalue weighted by atomic mass is 35.5. The van der Waals surface area contributed by atoms with Crippen LogP contribution in [0.25, 0.3) is 5.69 Å². The summed E-state index contributed by atoms with van der Waals surface area (Å²) in [4.78, 5) is 39.4. The van der Waals surface area contributed by atoms with Gasteiger partial charge in [-0.15, -0.1) is 0 Å². The lowest BCUT2D eigenvalue weighted by Crippen LogP contribution is -2.46. The minimum Gasteiger partial charge on any atom is -0.376 e. The van der Waals surface area contributed by atoms with E-state index in [0.717, 1.165) is 38.8 Å². The summed E-state index contributed by atoms with van der Waals surface area (Å²) in [6.07, 6.45) is 1.68. The van der Waals surface area contributed by atoms with Gasteiger partial charge in [0, 0.05) is 18.2 Å². The van der Waals surface area contributed by atoms with Crippen LogP contribution >= 0.6 is 11.6 Å². The Morgan fingerprint density at radius 3 is 2.73 bits per heavy atom. The highest BCUT2D eigenvalue weighted by Gasteiger charge is 2.23. The number of nitrogens with one attached hydrogen (secondary N) is 1. The molecule has 1 unspecified atom stereocenters. The van der Waals surface area contributed by atoms with E-state index in [1.165, 1.54) is 0 Å². The molecule has 1 saturated heterocycles. The van der Waals surface area contributed by atoms with E-state index in [1.807, 2.05) is 38.1 Å². The first kappa shape index (κ1) is 22.9. The van der Waals surface area contributed by atoms with Gasteiger partial charge in [0.25, 0.3) is 11.5 Å². The van der Waals surface area contributed by atoms with Crippen LogP contribution < -0.4 is 16.6 Å². The van der Waals surface area contributed by atoms with E-state index >= 15 is 0 Å². The van der Waals surface area contributed by atoms with Crippen LogP contribution in [0.2, 0.25) is 5.02 Å². The number of halogens is 1. The Morgan fingerprint density at radius 1 is 1.21 bits per heavy atom. The molecular formula is C24H25ClN4O4. The molecule has 1 aromatic heterocycles. The molecule has 9 heteroatoms. The van der Waals surface area contributed by atoms with Crippen molar-refractivity contribution in [1.82, 2.24) is 19.7 Å². The van der Waals surface area contributed by atoms with Gasteiger partial charge in [-0.25, -0.2) is 4.79 Å². The van der Waals surface area contributed by atoms with Crippen molar-refractivity contribution in [3.63, 3.8) is 0 Å². The quantitative estimate of drug-likeness (QED) is 0.600. The Bertz CT molecular complexity index is 1310. The van der Waals surface area contributed by atoms with Gasteiger partial charge in [0.2, 0.25) is 5.69 Å². The van der Waals surface area contributed by atoms with Crippen LogP contribution in [0.4, 0.5) is 0 Å². The van der Waals surface area contributed by atoms with Gasteiger partial charge in [-0.2, -0.15) is 9.78 Å². The molecule has 1 amide bonds. The first-order chi connectivity index (χ1) is 15.8. The third kappa shape index (κ3) is 5.07. The van der Waals surface area contributed by atoms with E-state index in [2.05, 4.69) is 10.4 Å². The lowest BCUT2D eigenvalue weighted by molar-refractivity contribution is 0.0849. The third-order valence-electron chi connectivity index (χ3n) is 5.61. The van der Waals surface area contributed by atoms with E-state index < -0.39 is 17.2 Å². The van der Waals surface area contributed by atoms with Crippen molar-refractivity contribution in [2.75, 3.05) is 13.2 Å². The Hall–Kier alpha value is -3.23. The van der Waals surface area contributed by atoms with Crippen LogP contribution in [0.15, 0.2) is 52.1 Å². The van der Waals surface area contributed by atoms with Crippen molar-refractivity contribution in [3.05, 3.63) is 90.7 Å². The largest absolute Gasteiger partial charge is 0.376 e. The molecule has 0 radical (unpaired) electrons. The molecule has 0 aliphatic carbocycles. The van der Waals surface area contributed by atoms with Crippen LogP contribution in [-0.4, -0.2) is 39.5 Å². The molecule has 0 spiro atoms. The lowest BCUT2D eigenvalue weighted by Gasteiger charge is -2.14. The number of amides is 1. The number of hydrogen-bond donors (Lipinski definition) is 1. The molecule has 4 rings (SSSR count). The molecule has 0 saturated carbocycles. The highest BCUT2D eigenvalue weighted by molar-refractivity contribution is 6.31. The fourth-order valence-electron chi connectivity index (χ4n) is 3.77. The number of hydrogen-bond acceptors (Lipinski definition) is 5. The smallest absolute Gasteiger partial charge is 0.352 e. The van der Waals surface area contributed by atoms with Gasteiger partial charge >= 0.3 is 5.69 Å². The second kappa shape index (κ2) is 9.72. The molecule has 1 aliphatic heterocycles. The predicted molar refractivity (Wildman–Crippen MR) is 125 cm³/mol. The number of aryl methyl sites for hydroxylation is 2. The lowest BCUT2D eigenvalue weighted by atomic mass is 10.1. The molecule has 8 nitrogen and oxygen atoms in total. The van der Waals surface area contributed by atoms with E-state index in [4.69, 9.17) is 16.3 Å². The van der Waals surface area contributed by atoms with Crippen molar-refractivity contribution in [2.45, 2.75) is 39.3 Å². The van der Waals surface area contributed by atoms with Crippen molar-refractivity contribution >= 4 is 17.5 Å². The zero-order chi connectivity index (χ0) is 23.5. The molecule has 1 atom stereocenters. The number of rotatable bonds is 6. The van der Waals surface area contributed by atoms with Crippen molar-refractivity contribution in [2.24, 2.45) is 0 Å². The fourth-order valence-corrected chi connectivity index (χ4v) is 3.94. The summed E-state index contributed by atoms with van der Waals surface area (Å²) in [5.74, 6) is -0.652. The minimum absolute atomic E-state index is 0.00742. The summed E-state index contributed by atoms with van der Waals surface area (Å²) in [5.41, 5.74) is 1.18.